The van der Waals surface area contributed by atoms with Gasteiger partial charge in [0.15, 0.2) is 0 Å². The minimum Gasteiger partial charge on any atom is -0.481 e. The van der Waals surface area contributed by atoms with Crippen LogP contribution in [0.15, 0.2) is 0 Å². The molecule has 0 aliphatic heterocycles. The molecule has 0 aliphatic carbocycles. The van der Waals surface area contributed by atoms with Gasteiger partial charge in [-0.25, -0.2) is 4.79 Å². The summed E-state index contributed by atoms with van der Waals surface area (Å²) in [6.07, 6.45) is -1.25. The zero-order chi connectivity index (χ0) is 25.9. The highest BCUT2D eigenvalue weighted by molar-refractivity contribution is 5.94. The number of carbonyl (C=O) groups excluding carboxylic acids is 3. The Morgan fingerprint density at radius 2 is 1.36 bits per heavy atom. The van der Waals surface area contributed by atoms with E-state index >= 15 is 0 Å². The Balaban J connectivity index is 5.62. The minimum absolute atomic E-state index is 0.0522. The Kier molecular flexibility index (Phi) is 13.2. The lowest BCUT2D eigenvalue weighted by atomic mass is 9.97. The van der Waals surface area contributed by atoms with Crippen LogP contribution in [0.5, 0.6) is 0 Å². The molecule has 0 spiro atoms. The van der Waals surface area contributed by atoms with Crippen molar-refractivity contribution in [2.24, 2.45) is 17.6 Å². The number of nitrogens with one attached hydrogen (secondary N) is 3. The van der Waals surface area contributed by atoms with Crippen LogP contribution >= 0.6 is 0 Å². The van der Waals surface area contributed by atoms with Crippen molar-refractivity contribution in [3.05, 3.63) is 0 Å². The van der Waals surface area contributed by atoms with Gasteiger partial charge in [-0.3, -0.25) is 19.2 Å². The molecule has 3 amide bonds. The third-order valence-electron chi connectivity index (χ3n) is 5.22. The lowest BCUT2D eigenvalue weighted by molar-refractivity contribution is -0.144. The van der Waals surface area contributed by atoms with Crippen LogP contribution in [0.4, 0.5) is 0 Å². The van der Waals surface area contributed by atoms with Crippen LogP contribution in [-0.2, 0) is 24.0 Å². The maximum absolute atomic E-state index is 12.9. The van der Waals surface area contributed by atoms with E-state index in [1.165, 1.54) is 6.92 Å². The summed E-state index contributed by atoms with van der Waals surface area (Å²) in [4.78, 5) is 60.4. The van der Waals surface area contributed by atoms with Gasteiger partial charge in [-0.05, 0) is 31.6 Å². The zero-order valence-corrected chi connectivity index (χ0v) is 19.8. The van der Waals surface area contributed by atoms with Crippen molar-refractivity contribution >= 4 is 29.7 Å². The monoisotopic (exact) mass is 474 g/mol. The van der Waals surface area contributed by atoms with Crippen LogP contribution in [0, 0.1) is 11.8 Å². The molecule has 6 atom stereocenters. The second-order valence-electron chi connectivity index (χ2n) is 8.66. The number of aliphatic hydroxyl groups is 1. The normalized spacial score (nSPS) is 16.6. The van der Waals surface area contributed by atoms with Crippen molar-refractivity contribution in [2.45, 2.75) is 90.6 Å². The first-order chi connectivity index (χ1) is 15.2. The first-order valence-corrected chi connectivity index (χ1v) is 11.0. The fourth-order valence-electron chi connectivity index (χ4n) is 2.94. The van der Waals surface area contributed by atoms with Gasteiger partial charge in [0.2, 0.25) is 17.7 Å². The fraction of sp³-hybridized carbons (Fsp3) is 0.762. The third kappa shape index (κ3) is 11.1. The predicted octanol–water partition coefficient (Wildman–Crippen LogP) is -0.809. The molecule has 0 rings (SSSR count). The quantitative estimate of drug-likeness (QED) is 0.158. The highest BCUT2D eigenvalue weighted by Gasteiger charge is 2.32. The van der Waals surface area contributed by atoms with Gasteiger partial charge in [0.25, 0.3) is 0 Å². The number of hydrogen-bond donors (Lipinski definition) is 7. The van der Waals surface area contributed by atoms with Crippen LogP contribution in [0.2, 0.25) is 0 Å². The standard InChI is InChI=1S/C21H38N4O8/c1-6-11(4)17(21(32)33)25-19(30)14(9-10(2)3)24-18(29)13(7-8-15(27)28)23-20(31)16(22)12(5)26/h10-14,16-17,26H,6-9,22H2,1-5H3,(H,23,31)(H,24,29)(H,25,30)(H,27,28)(H,32,33). The largest absolute Gasteiger partial charge is 0.481 e. The molecular weight excluding hydrogens is 436 g/mol. The first kappa shape index (κ1) is 30.3. The molecule has 6 unspecified atom stereocenters. The zero-order valence-electron chi connectivity index (χ0n) is 19.8. The SMILES string of the molecule is CCC(C)C(NC(=O)C(CC(C)C)NC(=O)C(CCC(=O)O)NC(=O)C(N)C(C)O)C(=O)O. The summed E-state index contributed by atoms with van der Waals surface area (Å²) in [7, 11) is 0. The number of carboxylic acids is 2. The smallest absolute Gasteiger partial charge is 0.326 e. The number of amides is 3. The van der Waals surface area contributed by atoms with Gasteiger partial charge in [0.05, 0.1) is 6.10 Å². The van der Waals surface area contributed by atoms with E-state index < -0.39 is 66.4 Å². The van der Waals surface area contributed by atoms with Crippen molar-refractivity contribution in [3.8, 4) is 0 Å². The summed E-state index contributed by atoms with van der Waals surface area (Å²) in [6, 6.07) is -4.93. The van der Waals surface area contributed by atoms with Gasteiger partial charge in [0.1, 0.15) is 24.2 Å². The van der Waals surface area contributed by atoms with E-state index in [4.69, 9.17) is 10.8 Å². The first-order valence-electron chi connectivity index (χ1n) is 11.0. The summed E-state index contributed by atoms with van der Waals surface area (Å²) < 4.78 is 0. The second kappa shape index (κ2) is 14.4. The molecule has 0 saturated carbocycles. The van der Waals surface area contributed by atoms with Gasteiger partial charge in [-0.1, -0.05) is 34.1 Å². The molecule has 0 aliphatic rings. The Labute approximate surface area is 193 Å². The molecule has 0 aromatic rings. The molecule has 8 N–H and O–H groups in total. The molecular formula is C21H38N4O8. The Morgan fingerprint density at radius 1 is 0.848 bits per heavy atom. The number of nitrogens with two attached hydrogens (primary N) is 1. The van der Waals surface area contributed by atoms with E-state index in [2.05, 4.69) is 16.0 Å². The van der Waals surface area contributed by atoms with E-state index in [9.17, 15) is 34.2 Å². The predicted molar refractivity (Wildman–Crippen MR) is 119 cm³/mol. The Bertz CT molecular complexity index is 698. The second-order valence-corrected chi connectivity index (χ2v) is 8.66. The topological polar surface area (TPSA) is 208 Å². The molecule has 0 fully saturated rings. The lowest BCUT2D eigenvalue weighted by Crippen LogP contribution is -2.58. The number of aliphatic carboxylic acids is 2. The van der Waals surface area contributed by atoms with Gasteiger partial charge >= 0.3 is 11.9 Å². The summed E-state index contributed by atoms with van der Waals surface area (Å²) in [5, 5.41) is 35.1. The third-order valence-corrected chi connectivity index (χ3v) is 5.22. The fourth-order valence-corrected chi connectivity index (χ4v) is 2.94. The number of aliphatic hydroxyl groups excluding tert-OH is 1. The molecule has 33 heavy (non-hydrogen) atoms. The molecule has 0 heterocycles. The molecule has 190 valence electrons. The van der Waals surface area contributed by atoms with Crippen LogP contribution in [0.3, 0.4) is 0 Å². The maximum Gasteiger partial charge on any atom is 0.326 e. The minimum atomic E-state index is -1.34. The van der Waals surface area contributed by atoms with Crippen LogP contribution in [0.25, 0.3) is 0 Å². The Morgan fingerprint density at radius 3 is 1.79 bits per heavy atom. The molecule has 0 aromatic carbocycles. The molecule has 12 nitrogen and oxygen atoms in total. The van der Waals surface area contributed by atoms with E-state index in [-0.39, 0.29) is 24.7 Å². The van der Waals surface area contributed by atoms with Gasteiger partial charge < -0.3 is 37.0 Å². The lowest BCUT2D eigenvalue weighted by Gasteiger charge is -2.27. The van der Waals surface area contributed by atoms with E-state index in [0.717, 1.165) is 0 Å². The van der Waals surface area contributed by atoms with Crippen molar-refractivity contribution in [2.75, 3.05) is 0 Å². The number of carbonyl (C=O) groups is 5. The van der Waals surface area contributed by atoms with Crippen LogP contribution < -0.4 is 21.7 Å². The van der Waals surface area contributed by atoms with E-state index in [1.54, 1.807) is 27.7 Å². The van der Waals surface area contributed by atoms with Crippen molar-refractivity contribution in [3.63, 3.8) is 0 Å². The van der Waals surface area contributed by atoms with Crippen molar-refractivity contribution < 1.29 is 39.3 Å². The molecule has 0 saturated heterocycles. The highest BCUT2D eigenvalue weighted by atomic mass is 16.4. The number of hydrogen-bond acceptors (Lipinski definition) is 7. The molecule has 0 aromatic heterocycles. The van der Waals surface area contributed by atoms with Gasteiger partial charge in [-0.15, -0.1) is 0 Å². The van der Waals surface area contributed by atoms with Gasteiger partial charge in [-0.2, -0.15) is 0 Å². The molecule has 12 heteroatoms. The van der Waals surface area contributed by atoms with Crippen LogP contribution in [-0.4, -0.2) is 75.3 Å². The van der Waals surface area contributed by atoms with E-state index in [0.29, 0.717) is 6.42 Å². The summed E-state index contributed by atoms with van der Waals surface area (Å²) in [5.41, 5.74) is 5.57. The number of carboxylic acid groups (broad SMARTS) is 2. The highest BCUT2D eigenvalue weighted by Crippen LogP contribution is 2.11. The number of rotatable bonds is 15. The van der Waals surface area contributed by atoms with Crippen molar-refractivity contribution in [1.82, 2.24) is 16.0 Å². The Hall–Kier alpha value is -2.73. The maximum atomic E-state index is 12.9. The summed E-state index contributed by atoms with van der Waals surface area (Å²) in [6.45, 7) is 8.36. The molecule has 0 radical (unpaired) electrons. The van der Waals surface area contributed by atoms with Crippen molar-refractivity contribution in [1.29, 1.82) is 0 Å². The average Bonchev–Trinajstić information content (AvgIpc) is 2.71. The van der Waals surface area contributed by atoms with Gasteiger partial charge in [0, 0.05) is 6.42 Å². The van der Waals surface area contributed by atoms with E-state index in [1.807, 2.05) is 0 Å². The summed E-state index contributed by atoms with van der Waals surface area (Å²) in [5.74, 6) is -5.19. The average molecular weight is 475 g/mol. The summed E-state index contributed by atoms with van der Waals surface area (Å²) >= 11 is 0. The van der Waals surface area contributed by atoms with Crippen LogP contribution in [0.1, 0.15) is 60.3 Å². The molecule has 0 bridgehead atoms.